The molecule has 0 unspecified atom stereocenters. The zero-order valence-corrected chi connectivity index (χ0v) is 13.9. The smallest absolute Gasteiger partial charge is 0.00134 e. The van der Waals surface area contributed by atoms with Crippen molar-refractivity contribution >= 4 is 0 Å². The summed E-state index contributed by atoms with van der Waals surface area (Å²) in [4.78, 5) is 0. The molecule has 23 heavy (non-hydrogen) atoms. The Bertz CT molecular complexity index is 849. The van der Waals surface area contributed by atoms with Crippen molar-refractivity contribution in [2.45, 2.75) is 33.1 Å². The van der Waals surface area contributed by atoms with Crippen LogP contribution >= 0.6 is 0 Å². The third-order valence-electron chi connectivity index (χ3n) is 5.00. The van der Waals surface area contributed by atoms with E-state index in [-0.39, 0.29) is 0 Å². The van der Waals surface area contributed by atoms with E-state index in [1.165, 1.54) is 44.5 Å². The Morgan fingerprint density at radius 2 is 1.35 bits per heavy atom. The summed E-state index contributed by atoms with van der Waals surface area (Å²) in [6.07, 6.45) is 3.25. The second-order valence-corrected chi connectivity index (χ2v) is 6.45. The van der Waals surface area contributed by atoms with E-state index < -0.39 is 0 Å². The fourth-order valence-corrected chi connectivity index (χ4v) is 3.64. The van der Waals surface area contributed by atoms with E-state index in [9.17, 15) is 0 Å². The van der Waals surface area contributed by atoms with Crippen LogP contribution in [0.1, 0.15) is 36.1 Å². The van der Waals surface area contributed by atoms with Crippen molar-refractivity contribution in [3.63, 3.8) is 0 Å². The molecule has 0 N–H and O–H groups in total. The molecule has 1 aliphatic rings. The van der Waals surface area contributed by atoms with E-state index in [1.807, 2.05) is 0 Å². The van der Waals surface area contributed by atoms with Gasteiger partial charge in [0.2, 0.25) is 0 Å². The van der Waals surface area contributed by atoms with Gasteiger partial charge in [0.15, 0.2) is 0 Å². The molecule has 3 aromatic carbocycles. The summed E-state index contributed by atoms with van der Waals surface area (Å²) >= 11 is 0. The van der Waals surface area contributed by atoms with E-state index in [2.05, 4.69) is 74.5 Å². The maximum absolute atomic E-state index is 2.38. The maximum atomic E-state index is 2.38. The molecule has 0 nitrogen and oxygen atoms in total. The molecule has 0 heterocycles. The number of hydrogen-bond acceptors (Lipinski definition) is 0. The third-order valence-corrected chi connectivity index (χ3v) is 5.00. The molecule has 0 saturated heterocycles. The van der Waals surface area contributed by atoms with Gasteiger partial charge in [0.1, 0.15) is 0 Å². The van der Waals surface area contributed by atoms with E-state index in [1.54, 1.807) is 0 Å². The van der Waals surface area contributed by atoms with Crippen molar-refractivity contribution in [1.29, 1.82) is 0 Å². The topological polar surface area (TPSA) is 0 Å². The van der Waals surface area contributed by atoms with Gasteiger partial charge in [-0.1, -0.05) is 68.4 Å². The fourth-order valence-electron chi connectivity index (χ4n) is 3.64. The molecule has 114 valence electrons. The van der Waals surface area contributed by atoms with Crippen molar-refractivity contribution in [2.75, 3.05) is 0 Å². The molecule has 3 aromatic rings. The molecule has 0 heteroatoms. The van der Waals surface area contributed by atoms with Crippen molar-refractivity contribution in [1.82, 2.24) is 0 Å². The zero-order chi connectivity index (χ0) is 15.8. The van der Waals surface area contributed by atoms with E-state index in [0.29, 0.717) is 0 Å². The molecule has 0 bridgehead atoms. The van der Waals surface area contributed by atoms with Crippen molar-refractivity contribution in [3.8, 4) is 22.3 Å². The molecule has 0 spiro atoms. The summed E-state index contributed by atoms with van der Waals surface area (Å²) < 4.78 is 0. The largest absolute Gasteiger partial charge is 0.0619 e. The van der Waals surface area contributed by atoms with Crippen LogP contribution in [0.15, 0.2) is 60.7 Å². The summed E-state index contributed by atoms with van der Waals surface area (Å²) in [6, 6.07) is 22.8. The Labute approximate surface area is 138 Å². The molecule has 0 aromatic heterocycles. The Morgan fingerprint density at radius 3 is 2.09 bits per heavy atom. The van der Waals surface area contributed by atoms with Crippen LogP contribution in [-0.4, -0.2) is 0 Å². The first-order chi connectivity index (χ1) is 11.3. The van der Waals surface area contributed by atoms with E-state index in [0.717, 1.165) is 19.3 Å². The Morgan fingerprint density at radius 1 is 0.652 bits per heavy atom. The number of aryl methyl sites for hydroxylation is 2. The predicted octanol–water partition coefficient (Wildman–Crippen LogP) is 6.05. The normalized spacial score (nSPS) is 12.1. The highest BCUT2D eigenvalue weighted by molar-refractivity contribution is 5.81. The van der Waals surface area contributed by atoms with Crippen LogP contribution in [0.4, 0.5) is 0 Å². The zero-order valence-electron chi connectivity index (χ0n) is 13.9. The van der Waals surface area contributed by atoms with Gasteiger partial charge in [-0.05, 0) is 69.8 Å². The average molecular weight is 298 g/mol. The van der Waals surface area contributed by atoms with Gasteiger partial charge < -0.3 is 0 Å². The summed E-state index contributed by atoms with van der Waals surface area (Å²) in [6.45, 7) is 4.47. The van der Waals surface area contributed by atoms with Crippen LogP contribution in [0.25, 0.3) is 22.3 Å². The van der Waals surface area contributed by atoms with Gasteiger partial charge >= 0.3 is 0 Å². The molecule has 0 saturated carbocycles. The van der Waals surface area contributed by atoms with Gasteiger partial charge in [-0.2, -0.15) is 0 Å². The highest BCUT2D eigenvalue weighted by atomic mass is 14.2. The molecule has 0 fully saturated rings. The van der Waals surface area contributed by atoms with E-state index >= 15 is 0 Å². The van der Waals surface area contributed by atoms with Crippen LogP contribution in [0.2, 0.25) is 0 Å². The van der Waals surface area contributed by atoms with Crippen LogP contribution in [-0.2, 0) is 19.3 Å². The highest BCUT2D eigenvalue weighted by Crippen LogP contribution is 2.39. The number of hydrogen-bond donors (Lipinski definition) is 0. The van der Waals surface area contributed by atoms with Gasteiger partial charge in [-0.15, -0.1) is 0 Å². The third kappa shape index (κ3) is 2.49. The Balaban J connectivity index is 1.84. The van der Waals surface area contributed by atoms with Crippen LogP contribution in [0.3, 0.4) is 0 Å². The quantitative estimate of drug-likeness (QED) is 0.432. The molecular weight excluding hydrogens is 276 g/mol. The molecular formula is C23H22. The minimum Gasteiger partial charge on any atom is -0.0619 e. The first kappa shape index (κ1) is 14.3. The molecule has 0 atom stereocenters. The van der Waals surface area contributed by atoms with Gasteiger partial charge in [-0.3, -0.25) is 0 Å². The second kappa shape index (κ2) is 5.70. The monoisotopic (exact) mass is 298 g/mol. The van der Waals surface area contributed by atoms with Gasteiger partial charge in [0.05, 0.1) is 0 Å². The standard InChI is InChI=1S/C23H22/c1-3-16-11-17(4-2)13-21(12-16)18-9-10-20-14-19-7-5-6-8-22(19)23(20)15-18/h5-13,15H,3-4,14H2,1-2H3. The van der Waals surface area contributed by atoms with Gasteiger partial charge in [0, 0.05) is 0 Å². The van der Waals surface area contributed by atoms with Crippen LogP contribution in [0.5, 0.6) is 0 Å². The van der Waals surface area contributed by atoms with E-state index in [4.69, 9.17) is 0 Å². The SMILES string of the molecule is CCc1cc(CC)cc(-c2ccc3c(c2)-c2ccccc2C3)c1. The molecule has 1 aliphatic carbocycles. The lowest BCUT2D eigenvalue weighted by atomic mass is 9.95. The lowest BCUT2D eigenvalue weighted by molar-refractivity contribution is 1.09. The number of rotatable bonds is 3. The second-order valence-electron chi connectivity index (χ2n) is 6.45. The molecule has 0 radical (unpaired) electrons. The average Bonchev–Trinajstić information content (AvgIpc) is 2.99. The summed E-state index contributed by atoms with van der Waals surface area (Å²) in [7, 11) is 0. The van der Waals surface area contributed by atoms with Crippen molar-refractivity contribution in [3.05, 3.63) is 82.9 Å². The summed E-state index contributed by atoms with van der Waals surface area (Å²) in [5.41, 5.74) is 11.3. The number of fused-ring (bicyclic) bond motifs is 3. The first-order valence-electron chi connectivity index (χ1n) is 8.63. The number of benzene rings is 3. The lowest BCUT2D eigenvalue weighted by Crippen LogP contribution is -1.90. The summed E-state index contributed by atoms with van der Waals surface area (Å²) in [5, 5.41) is 0. The minimum atomic E-state index is 1.07. The maximum Gasteiger partial charge on any atom is -0.00134 e. The van der Waals surface area contributed by atoms with Crippen molar-refractivity contribution in [2.24, 2.45) is 0 Å². The van der Waals surface area contributed by atoms with Gasteiger partial charge in [-0.25, -0.2) is 0 Å². The first-order valence-corrected chi connectivity index (χ1v) is 8.63. The molecule has 4 rings (SSSR count). The van der Waals surface area contributed by atoms with Gasteiger partial charge in [0.25, 0.3) is 0 Å². The molecule has 0 aliphatic heterocycles. The van der Waals surface area contributed by atoms with Crippen molar-refractivity contribution < 1.29 is 0 Å². The Hall–Kier alpha value is -2.34. The van der Waals surface area contributed by atoms with Crippen LogP contribution < -0.4 is 0 Å². The molecule has 0 amide bonds. The Kier molecular flexibility index (Phi) is 3.53. The predicted molar refractivity (Wildman–Crippen MR) is 98.9 cm³/mol. The lowest BCUT2D eigenvalue weighted by Gasteiger charge is -2.10. The summed E-state index contributed by atoms with van der Waals surface area (Å²) in [5.74, 6) is 0. The fraction of sp³-hybridized carbons (Fsp3) is 0.217. The highest BCUT2D eigenvalue weighted by Gasteiger charge is 2.18. The minimum absolute atomic E-state index is 1.07. The van der Waals surface area contributed by atoms with Crippen LogP contribution in [0, 0.1) is 0 Å².